The molecule has 0 aliphatic rings. The largest absolute Gasteiger partial charge is 0.247 e. The molecule has 0 aromatic heterocycles. The topological polar surface area (TPSA) is 0 Å². The maximum Gasteiger partial charge on any atom is 0.112 e. The average molecular weight is 327 g/mol. The number of hydrogen-bond donors (Lipinski definition) is 0. The fourth-order valence-corrected chi connectivity index (χ4v) is 15.4. The second-order valence-electron chi connectivity index (χ2n) is 8.99. The zero-order chi connectivity index (χ0) is 16.0. The third kappa shape index (κ3) is 3.17. The quantitative estimate of drug-likeness (QED) is 0.671. The lowest BCUT2D eigenvalue weighted by Crippen LogP contribution is -2.61. The average Bonchev–Trinajstić information content (AvgIpc) is 2.24. The van der Waals surface area contributed by atoms with Crippen LogP contribution in [0.25, 0.3) is 0 Å². The second kappa shape index (κ2) is 5.21. The van der Waals surface area contributed by atoms with Gasteiger partial charge in [0.2, 0.25) is 0 Å². The highest BCUT2D eigenvalue weighted by Crippen LogP contribution is 2.43. The molecule has 0 saturated heterocycles. The van der Waals surface area contributed by atoms with E-state index in [1.807, 2.05) is 0 Å². The first-order chi connectivity index (χ1) is 8.71. The molecule has 0 unspecified atom stereocenters. The van der Waals surface area contributed by atoms with E-state index < -0.39 is 29.1 Å². The fraction of sp³-hybridized carbons (Fsp3) is 0.625. The van der Waals surface area contributed by atoms with Crippen LogP contribution in [0.1, 0.15) is 5.56 Å². The van der Waals surface area contributed by atoms with E-state index in [1.54, 1.807) is 0 Å². The third-order valence-electron chi connectivity index (χ3n) is 4.22. The van der Waals surface area contributed by atoms with Crippen molar-refractivity contribution in [2.24, 2.45) is 0 Å². The Kier molecular flexibility index (Phi) is 4.65. The number of hydrogen-bond acceptors (Lipinski definition) is 0. The van der Waals surface area contributed by atoms with Crippen molar-refractivity contribution in [2.45, 2.75) is 63.8 Å². The van der Waals surface area contributed by atoms with Gasteiger partial charge in [0.05, 0.1) is 24.2 Å². The summed E-state index contributed by atoms with van der Waals surface area (Å²) < 4.78 is 16.1. The Balaban J connectivity index is 3.39. The molecule has 1 aromatic rings. The van der Waals surface area contributed by atoms with Crippen LogP contribution in [-0.2, 0) is 4.92 Å². The summed E-state index contributed by atoms with van der Waals surface area (Å²) in [6, 6.07) is 8.50. The summed E-state index contributed by atoms with van der Waals surface area (Å²) in [7, 11) is -5.19. The Hall–Kier alpha value is -0.199. The highest BCUT2D eigenvalue weighted by atomic mass is 28.4. The molecule has 0 N–H and O–H groups in total. The van der Waals surface area contributed by atoms with Gasteiger partial charge in [-0.25, -0.2) is 4.39 Å². The summed E-state index contributed by atoms with van der Waals surface area (Å²) in [6.07, 6.45) is 0. The molecule has 0 spiro atoms. The summed E-state index contributed by atoms with van der Waals surface area (Å²) in [5.41, 5.74) is 0.929. The normalized spacial score (nSPS) is 14.5. The Bertz CT molecular complexity index is 444. The van der Waals surface area contributed by atoms with Crippen molar-refractivity contribution >= 4 is 29.4 Å². The van der Waals surface area contributed by atoms with E-state index in [2.05, 4.69) is 83.2 Å². The molecule has 0 heterocycles. The van der Waals surface area contributed by atoms with Crippen molar-refractivity contribution in [1.29, 1.82) is 0 Å². The lowest BCUT2D eigenvalue weighted by molar-refractivity contribution is 0.366. The van der Waals surface area contributed by atoms with Gasteiger partial charge in [0, 0.05) is 0 Å². The van der Waals surface area contributed by atoms with Gasteiger partial charge in [-0.1, -0.05) is 88.4 Å². The molecule has 0 aliphatic heterocycles. The molecule has 0 aliphatic carbocycles. The minimum Gasteiger partial charge on any atom is -0.247 e. The Labute approximate surface area is 127 Å². The van der Waals surface area contributed by atoms with Gasteiger partial charge >= 0.3 is 0 Å². The molecule has 1 aromatic carbocycles. The number of alkyl halides is 1. The van der Waals surface area contributed by atoms with Crippen molar-refractivity contribution in [1.82, 2.24) is 0 Å². The van der Waals surface area contributed by atoms with Gasteiger partial charge < -0.3 is 0 Å². The standard InChI is InChI=1S/C16H31FSi3/c1-18(2,3)15-12-10-14(11-13-15)16(17,19(4,5)6)20(7,8)9/h10-13H,1-9H3. The third-order valence-corrected chi connectivity index (χ3v) is 15.5. The fourth-order valence-electron chi connectivity index (χ4n) is 3.19. The van der Waals surface area contributed by atoms with Crippen molar-refractivity contribution < 1.29 is 4.39 Å². The summed E-state index contributed by atoms with van der Waals surface area (Å²) >= 11 is 0. The van der Waals surface area contributed by atoms with Crippen LogP contribution in [-0.4, -0.2) is 24.2 Å². The summed E-state index contributed by atoms with van der Waals surface area (Å²) in [5.74, 6) is 0. The lowest BCUT2D eigenvalue weighted by Gasteiger charge is -2.45. The van der Waals surface area contributed by atoms with Crippen molar-refractivity contribution in [3.05, 3.63) is 29.8 Å². The zero-order valence-electron chi connectivity index (χ0n) is 14.7. The molecular weight excluding hydrogens is 295 g/mol. The number of benzene rings is 1. The Morgan fingerprint density at radius 1 is 0.700 bits per heavy atom. The van der Waals surface area contributed by atoms with E-state index >= 15 is 4.39 Å². The summed E-state index contributed by atoms with van der Waals surface area (Å²) in [4.78, 5) is -1.07. The van der Waals surface area contributed by atoms with Crippen LogP contribution in [0.3, 0.4) is 0 Å². The SMILES string of the molecule is C[Si](C)(C)c1ccc(C(F)([Si](C)(C)C)[Si](C)(C)C)cc1. The zero-order valence-corrected chi connectivity index (χ0v) is 17.7. The summed E-state index contributed by atoms with van der Waals surface area (Å²) in [6.45, 7) is 20.0. The van der Waals surface area contributed by atoms with Crippen LogP contribution < -0.4 is 5.19 Å². The molecular formula is C16H31FSi3. The Morgan fingerprint density at radius 2 is 1.05 bits per heavy atom. The van der Waals surface area contributed by atoms with Gasteiger partial charge in [-0.2, -0.15) is 0 Å². The molecule has 114 valence electrons. The molecule has 0 atom stereocenters. The second-order valence-corrected chi connectivity index (χ2v) is 24.9. The van der Waals surface area contributed by atoms with Gasteiger partial charge in [-0.3, -0.25) is 0 Å². The van der Waals surface area contributed by atoms with Crippen LogP contribution in [0.15, 0.2) is 24.3 Å². The highest BCUT2D eigenvalue weighted by molar-refractivity contribution is 6.97. The first-order valence-corrected chi connectivity index (χ1v) is 18.0. The van der Waals surface area contributed by atoms with E-state index in [0.717, 1.165) is 5.56 Å². The predicted molar refractivity (Wildman–Crippen MR) is 98.9 cm³/mol. The molecule has 4 heteroatoms. The molecule has 0 bridgehead atoms. The van der Waals surface area contributed by atoms with Crippen LogP contribution in [0.4, 0.5) is 4.39 Å². The minimum absolute atomic E-state index is 0.929. The molecule has 0 radical (unpaired) electrons. The van der Waals surface area contributed by atoms with E-state index in [9.17, 15) is 0 Å². The molecule has 1 rings (SSSR count). The smallest absolute Gasteiger partial charge is 0.112 e. The maximum absolute atomic E-state index is 16.1. The van der Waals surface area contributed by atoms with Crippen LogP contribution >= 0.6 is 0 Å². The summed E-state index contributed by atoms with van der Waals surface area (Å²) in [5, 5.41) is 1.41. The van der Waals surface area contributed by atoms with Crippen LogP contribution in [0, 0.1) is 0 Å². The molecule has 0 saturated carbocycles. The van der Waals surface area contributed by atoms with Crippen molar-refractivity contribution in [3.63, 3.8) is 0 Å². The minimum atomic E-state index is -1.94. The van der Waals surface area contributed by atoms with Gasteiger partial charge in [0.15, 0.2) is 0 Å². The monoisotopic (exact) mass is 326 g/mol. The molecule has 0 fully saturated rings. The molecule has 0 nitrogen and oxygen atoms in total. The van der Waals surface area contributed by atoms with Gasteiger partial charge in [0.25, 0.3) is 0 Å². The van der Waals surface area contributed by atoms with E-state index in [-0.39, 0.29) is 0 Å². The van der Waals surface area contributed by atoms with E-state index in [0.29, 0.717) is 0 Å². The highest BCUT2D eigenvalue weighted by Gasteiger charge is 2.54. The molecule has 20 heavy (non-hydrogen) atoms. The van der Waals surface area contributed by atoms with Crippen molar-refractivity contribution in [3.8, 4) is 0 Å². The Morgan fingerprint density at radius 3 is 1.30 bits per heavy atom. The van der Waals surface area contributed by atoms with Gasteiger partial charge in [0.1, 0.15) is 4.92 Å². The molecule has 0 amide bonds. The van der Waals surface area contributed by atoms with Crippen LogP contribution in [0.5, 0.6) is 0 Å². The van der Waals surface area contributed by atoms with Gasteiger partial charge in [-0.15, -0.1) is 0 Å². The maximum atomic E-state index is 16.1. The first-order valence-electron chi connectivity index (χ1n) is 7.51. The number of rotatable bonds is 4. The lowest BCUT2D eigenvalue weighted by atomic mass is 10.2. The van der Waals surface area contributed by atoms with Crippen molar-refractivity contribution in [2.75, 3.05) is 0 Å². The predicted octanol–water partition coefficient (Wildman–Crippen LogP) is 5.15. The van der Waals surface area contributed by atoms with Gasteiger partial charge in [-0.05, 0) is 5.56 Å². The number of halogens is 1. The first kappa shape index (κ1) is 17.9. The van der Waals surface area contributed by atoms with E-state index in [1.165, 1.54) is 5.19 Å². The van der Waals surface area contributed by atoms with Crippen LogP contribution in [0.2, 0.25) is 58.9 Å². The van der Waals surface area contributed by atoms with E-state index in [4.69, 9.17) is 0 Å².